The number of carbonyl (C=O) groups excluding carboxylic acids is 2. The lowest BCUT2D eigenvalue weighted by Crippen LogP contribution is -2.36. The summed E-state index contributed by atoms with van der Waals surface area (Å²) in [6, 6.07) is 4.28. The topological polar surface area (TPSA) is 116 Å². The second-order valence-electron chi connectivity index (χ2n) is 3.82. The van der Waals surface area contributed by atoms with Crippen LogP contribution in [0.25, 0.3) is 0 Å². The third-order valence-corrected chi connectivity index (χ3v) is 3.62. The van der Waals surface area contributed by atoms with Crippen molar-refractivity contribution in [3.63, 3.8) is 0 Å². The summed E-state index contributed by atoms with van der Waals surface area (Å²) >= 11 is 0. The number of rotatable bonds is 6. The van der Waals surface area contributed by atoms with E-state index in [4.69, 9.17) is 5.73 Å². The Kier molecular flexibility index (Phi) is 5.17. The molecule has 1 atom stereocenters. The molecule has 9 heteroatoms. The number of nitrogens with one attached hydrogen (secondary N) is 1. The summed E-state index contributed by atoms with van der Waals surface area (Å²) in [6.45, 7) is 0.553. The predicted octanol–water partition coefficient (Wildman–Crippen LogP) is -0.479. The van der Waals surface area contributed by atoms with Crippen molar-refractivity contribution in [3.05, 3.63) is 30.1 Å². The number of nitrogens with two attached hydrogens (primary N) is 1. The third kappa shape index (κ3) is 4.59. The number of halogens is 1. The molecule has 1 aromatic carbocycles. The highest BCUT2D eigenvalue weighted by Gasteiger charge is 2.19. The van der Waals surface area contributed by atoms with E-state index < -0.39 is 40.4 Å². The van der Waals surface area contributed by atoms with E-state index in [1.54, 1.807) is 0 Å². The fourth-order valence-corrected chi connectivity index (χ4v) is 2.17. The number of carbonyl (C=O) groups is 2. The Morgan fingerprint density at radius 3 is 2.65 bits per heavy atom. The number of hydrogen-bond acceptors (Lipinski definition) is 5. The average Bonchev–Trinajstić information content (AvgIpc) is 2.36. The quantitative estimate of drug-likeness (QED) is 0.689. The first kappa shape index (κ1) is 16.1. The van der Waals surface area contributed by atoms with Gasteiger partial charge in [0.25, 0.3) is 5.91 Å². The molecule has 110 valence electrons. The van der Waals surface area contributed by atoms with Crippen LogP contribution in [0.1, 0.15) is 6.92 Å². The van der Waals surface area contributed by atoms with Gasteiger partial charge >= 0.3 is 5.97 Å². The van der Waals surface area contributed by atoms with Gasteiger partial charge in [-0.3, -0.25) is 9.59 Å². The van der Waals surface area contributed by atoms with Crippen LogP contribution in [0, 0.1) is 5.82 Å². The summed E-state index contributed by atoms with van der Waals surface area (Å²) in [5.41, 5.74) is 4.88. The Morgan fingerprint density at radius 1 is 1.45 bits per heavy atom. The van der Waals surface area contributed by atoms with Crippen molar-refractivity contribution in [3.8, 4) is 0 Å². The lowest BCUT2D eigenvalue weighted by Gasteiger charge is -2.10. The maximum Gasteiger partial charge on any atom is 0.321 e. The molecule has 0 bridgehead atoms. The maximum atomic E-state index is 12.9. The third-order valence-electron chi connectivity index (χ3n) is 2.22. The molecule has 0 aliphatic carbocycles. The molecule has 0 aromatic heterocycles. The van der Waals surface area contributed by atoms with Gasteiger partial charge in [-0.2, -0.15) is 4.72 Å². The summed E-state index contributed by atoms with van der Waals surface area (Å²) < 4.78 is 42.9. The summed E-state index contributed by atoms with van der Waals surface area (Å²) in [5.74, 6) is -2.56. The highest BCUT2D eigenvalue weighted by atomic mass is 32.2. The van der Waals surface area contributed by atoms with Gasteiger partial charge in [-0.05, 0) is 25.1 Å². The standard InChI is InChI=1S/C11H13FN2O5S/c1-7(11(13)16)19-10(15)6-14-20(17,18)9-4-2-3-8(12)5-9/h2-5,7,14H,6H2,1H3,(H2,13,16)/t7-/m1/s1. The summed E-state index contributed by atoms with van der Waals surface area (Å²) in [5, 5.41) is 0. The molecule has 1 aromatic rings. The van der Waals surface area contributed by atoms with Gasteiger partial charge < -0.3 is 10.5 Å². The Hall–Kier alpha value is -2.00. The zero-order valence-corrected chi connectivity index (χ0v) is 11.3. The maximum absolute atomic E-state index is 12.9. The van der Waals surface area contributed by atoms with E-state index in [9.17, 15) is 22.4 Å². The van der Waals surface area contributed by atoms with Crippen molar-refractivity contribution >= 4 is 21.9 Å². The zero-order chi connectivity index (χ0) is 15.3. The van der Waals surface area contributed by atoms with Crippen molar-refractivity contribution in [2.75, 3.05) is 6.54 Å². The number of benzene rings is 1. The van der Waals surface area contributed by atoms with Crippen LogP contribution in [0.15, 0.2) is 29.2 Å². The molecule has 3 N–H and O–H groups in total. The van der Waals surface area contributed by atoms with Gasteiger partial charge in [0.1, 0.15) is 12.4 Å². The fraction of sp³-hybridized carbons (Fsp3) is 0.273. The van der Waals surface area contributed by atoms with E-state index >= 15 is 0 Å². The molecule has 0 spiro atoms. The minimum Gasteiger partial charge on any atom is -0.452 e. The van der Waals surface area contributed by atoms with Crippen LogP contribution in [0.2, 0.25) is 0 Å². The fourth-order valence-electron chi connectivity index (χ4n) is 1.17. The van der Waals surface area contributed by atoms with Gasteiger partial charge in [0.15, 0.2) is 6.10 Å². The largest absolute Gasteiger partial charge is 0.452 e. The molecular weight excluding hydrogens is 291 g/mol. The molecule has 0 saturated carbocycles. The van der Waals surface area contributed by atoms with Crippen LogP contribution in [-0.2, 0) is 24.3 Å². The Balaban J connectivity index is 2.65. The first-order valence-electron chi connectivity index (χ1n) is 5.46. The number of hydrogen-bond donors (Lipinski definition) is 2. The highest BCUT2D eigenvalue weighted by molar-refractivity contribution is 7.89. The van der Waals surface area contributed by atoms with E-state index in [2.05, 4.69) is 4.74 Å². The normalized spacial score (nSPS) is 12.7. The second-order valence-corrected chi connectivity index (χ2v) is 5.58. The van der Waals surface area contributed by atoms with Crippen molar-refractivity contribution in [1.29, 1.82) is 0 Å². The Labute approximate surface area is 115 Å². The van der Waals surface area contributed by atoms with E-state index in [1.165, 1.54) is 19.1 Å². The Bertz CT molecular complexity index is 617. The SMILES string of the molecule is C[C@@H](OC(=O)CNS(=O)(=O)c1cccc(F)c1)C(N)=O. The van der Waals surface area contributed by atoms with Crippen LogP contribution >= 0.6 is 0 Å². The zero-order valence-electron chi connectivity index (χ0n) is 10.5. The molecule has 0 aliphatic heterocycles. The number of primary amides is 1. The molecule has 0 heterocycles. The van der Waals surface area contributed by atoms with Gasteiger partial charge in [0.2, 0.25) is 10.0 Å². The smallest absolute Gasteiger partial charge is 0.321 e. The van der Waals surface area contributed by atoms with Crippen LogP contribution in [-0.4, -0.2) is 32.9 Å². The van der Waals surface area contributed by atoms with Crippen LogP contribution in [0.4, 0.5) is 4.39 Å². The van der Waals surface area contributed by atoms with Crippen molar-refractivity contribution in [2.45, 2.75) is 17.9 Å². The van der Waals surface area contributed by atoms with E-state index in [0.717, 1.165) is 12.1 Å². The molecule has 0 unspecified atom stereocenters. The first-order valence-corrected chi connectivity index (χ1v) is 6.94. The molecule has 0 radical (unpaired) electrons. The van der Waals surface area contributed by atoms with Crippen LogP contribution in [0.3, 0.4) is 0 Å². The molecule has 0 saturated heterocycles. The molecule has 1 rings (SSSR count). The molecule has 1 amide bonds. The molecule has 0 aliphatic rings. The van der Waals surface area contributed by atoms with Gasteiger partial charge in [0, 0.05) is 0 Å². The monoisotopic (exact) mass is 304 g/mol. The summed E-state index contributed by atoms with van der Waals surface area (Å²) in [7, 11) is -4.04. The summed E-state index contributed by atoms with van der Waals surface area (Å²) in [6.07, 6.45) is -1.17. The minimum absolute atomic E-state index is 0.326. The van der Waals surface area contributed by atoms with Gasteiger partial charge in [0.05, 0.1) is 4.90 Å². The van der Waals surface area contributed by atoms with Crippen molar-refractivity contribution in [2.24, 2.45) is 5.73 Å². The van der Waals surface area contributed by atoms with Gasteiger partial charge in [-0.15, -0.1) is 0 Å². The Morgan fingerprint density at radius 2 is 2.10 bits per heavy atom. The highest BCUT2D eigenvalue weighted by Crippen LogP contribution is 2.09. The molecular formula is C11H13FN2O5S. The number of ether oxygens (including phenoxy) is 1. The lowest BCUT2D eigenvalue weighted by molar-refractivity contribution is -0.152. The molecule has 0 fully saturated rings. The summed E-state index contributed by atoms with van der Waals surface area (Å²) in [4.78, 5) is 21.6. The van der Waals surface area contributed by atoms with Gasteiger partial charge in [-0.1, -0.05) is 6.07 Å². The van der Waals surface area contributed by atoms with Crippen molar-refractivity contribution in [1.82, 2.24) is 4.72 Å². The lowest BCUT2D eigenvalue weighted by atomic mass is 10.4. The van der Waals surface area contributed by atoms with Gasteiger partial charge in [-0.25, -0.2) is 12.8 Å². The number of amides is 1. The van der Waals surface area contributed by atoms with Crippen LogP contribution in [0.5, 0.6) is 0 Å². The first-order chi connectivity index (χ1) is 9.22. The average molecular weight is 304 g/mol. The van der Waals surface area contributed by atoms with Crippen molar-refractivity contribution < 1.29 is 27.1 Å². The van der Waals surface area contributed by atoms with E-state index in [0.29, 0.717) is 0 Å². The van der Waals surface area contributed by atoms with E-state index in [1.807, 2.05) is 4.72 Å². The van der Waals surface area contributed by atoms with Crippen LogP contribution < -0.4 is 10.5 Å². The second kappa shape index (κ2) is 6.44. The minimum atomic E-state index is -4.04. The molecule has 7 nitrogen and oxygen atoms in total. The molecule has 20 heavy (non-hydrogen) atoms. The van der Waals surface area contributed by atoms with E-state index in [-0.39, 0.29) is 4.90 Å². The number of esters is 1. The predicted molar refractivity (Wildman–Crippen MR) is 66.3 cm³/mol. The number of sulfonamides is 1.